The van der Waals surface area contributed by atoms with Crippen LogP contribution in [-0.4, -0.2) is 26.2 Å². The molecule has 0 radical (unpaired) electrons. The molecule has 1 aliphatic carbocycles. The van der Waals surface area contributed by atoms with E-state index in [9.17, 15) is 4.79 Å². The van der Waals surface area contributed by atoms with Gasteiger partial charge in [0, 0.05) is 31.5 Å². The first-order valence-corrected chi connectivity index (χ1v) is 5.18. The SMILES string of the molecule is COCCCNC(=O)C1=C(N)C=CCC1. The Bertz CT molecular complexity index is 282. The minimum absolute atomic E-state index is 0.0482. The Morgan fingerprint density at radius 2 is 2.47 bits per heavy atom. The fraction of sp³-hybridized carbons (Fsp3) is 0.545. The van der Waals surface area contributed by atoms with Crippen molar-refractivity contribution >= 4 is 5.91 Å². The second-order valence-electron chi connectivity index (χ2n) is 3.48. The van der Waals surface area contributed by atoms with E-state index in [1.807, 2.05) is 6.08 Å². The molecule has 0 spiro atoms. The van der Waals surface area contributed by atoms with Gasteiger partial charge in [-0.05, 0) is 25.3 Å². The first-order chi connectivity index (χ1) is 7.25. The molecule has 0 saturated heterocycles. The third kappa shape index (κ3) is 3.75. The molecule has 1 rings (SSSR count). The van der Waals surface area contributed by atoms with Crippen LogP contribution >= 0.6 is 0 Å². The van der Waals surface area contributed by atoms with Crippen LogP contribution in [-0.2, 0) is 9.53 Å². The Labute approximate surface area is 90.2 Å². The molecule has 0 atom stereocenters. The van der Waals surface area contributed by atoms with Gasteiger partial charge in [0.25, 0.3) is 0 Å². The van der Waals surface area contributed by atoms with E-state index in [1.165, 1.54) is 0 Å². The van der Waals surface area contributed by atoms with Gasteiger partial charge >= 0.3 is 0 Å². The smallest absolute Gasteiger partial charge is 0.249 e. The van der Waals surface area contributed by atoms with Crippen LogP contribution in [0.15, 0.2) is 23.4 Å². The third-order valence-electron chi connectivity index (χ3n) is 2.29. The van der Waals surface area contributed by atoms with Gasteiger partial charge < -0.3 is 15.8 Å². The van der Waals surface area contributed by atoms with Gasteiger partial charge in [-0.3, -0.25) is 4.79 Å². The van der Waals surface area contributed by atoms with Crippen LogP contribution in [0.4, 0.5) is 0 Å². The molecule has 1 aliphatic rings. The molecule has 0 unspecified atom stereocenters. The summed E-state index contributed by atoms with van der Waals surface area (Å²) in [5, 5.41) is 2.83. The quantitative estimate of drug-likeness (QED) is 0.657. The van der Waals surface area contributed by atoms with Gasteiger partial charge in [0.05, 0.1) is 0 Å². The summed E-state index contributed by atoms with van der Waals surface area (Å²) in [4.78, 5) is 11.6. The highest BCUT2D eigenvalue weighted by Gasteiger charge is 2.13. The van der Waals surface area contributed by atoms with E-state index in [2.05, 4.69) is 5.32 Å². The maximum atomic E-state index is 11.6. The summed E-state index contributed by atoms with van der Waals surface area (Å²) < 4.78 is 4.89. The summed E-state index contributed by atoms with van der Waals surface area (Å²) in [6.07, 6.45) is 6.23. The standard InChI is InChI=1S/C11H18N2O2/c1-15-8-4-7-13-11(14)9-5-2-3-6-10(9)12/h3,6H,2,4-5,7-8,12H2,1H3,(H,13,14). The summed E-state index contributed by atoms with van der Waals surface area (Å²) in [6.45, 7) is 1.29. The van der Waals surface area contributed by atoms with E-state index in [-0.39, 0.29) is 5.91 Å². The lowest BCUT2D eigenvalue weighted by atomic mass is 10.0. The van der Waals surface area contributed by atoms with E-state index >= 15 is 0 Å². The molecule has 0 saturated carbocycles. The maximum absolute atomic E-state index is 11.6. The van der Waals surface area contributed by atoms with Crippen LogP contribution in [0.3, 0.4) is 0 Å². The van der Waals surface area contributed by atoms with Gasteiger partial charge in [-0.2, -0.15) is 0 Å². The van der Waals surface area contributed by atoms with Crippen LogP contribution in [0.1, 0.15) is 19.3 Å². The molecule has 0 aromatic rings. The predicted molar refractivity (Wildman–Crippen MR) is 59.1 cm³/mol. The molecule has 0 aliphatic heterocycles. The van der Waals surface area contributed by atoms with Gasteiger partial charge in [0.1, 0.15) is 0 Å². The molecule has 0 aromatic heterocycles. The zero-order valence-electron chi connectivity index (χ0n) is 9.08. The number of nitrogens with one attached hydrogen (secondary N) is 1. The lowest BCUT2D eigenvalue weighted by molar-refractivity contribution is -0.117. The maximum Gasteiger partial charge on any atom is 0.249 e. The zero-order valence-corrected chi connectivity index (χ0v) is 9.08. The lowest BCUT2D eigenvalue weighted by Gasteiger charge is -2.12. The lowest BCUT2D eigenvalue weighted by Crippen LogP contribution is -2.29. The van der Waals surface area contributed by atoms with Crippen LogP contribution in [0.5, 0.6) is 0 Å². The highest BCUT2D eigenvalue weighted by molar-refractivity contribution is 5.94. The van der Waals surface area contributed by atoms with Crippen molar-refractivity contribution in [3.8, 4) is 0 Å². The Kier molecular flexibility index (Phi) is 4.90. The number of nitrogens with two attached hydrogens (primary N) is 1. The zero-order chi connectivity index (χ0) is 11.1. The number of hydrogen-bond acceptors (Lipinski definition) is 3. The van der Waals surface area contributed by atoms with Crippen molar-refractivity contribution in [1.82, 2.24) is 5.32 Å². The van der Waals surface area contributed by atoms with Crippen LogP contribution in [0, 0.1) is 0 Å². The number of carbonyl (C=O) groups excluding carboxylic acids is 1. The van der Waals surface area contributed by atoms with E-state index in [0.29, 0.717) is 24.4 Å². The van der Waals surface area contributed by atoms with Crippen LogP contribution in [0.25, 0.3) is 0 Å². The monoisotopic (exact) mass is 210 g/mol. The number of amides is 1. The van der Waals surface area contributed by atoms with Gasteiger partial charge in [-0.1, -0.05) is 6.08 Å². The Hall–Kier alpha value is -1.29. The van der Waals surface area contributed by atoms with Gasteiger partial charge in [-0.15, -0.1) is 0 Å². The molecule has 84 valence electrons. The fourth-order valence-electron chi connectivity index (χ4n) is 1.45. The summed E-state index contributed by atoms with van der Waals surface area (Å²) in [5.74, 6) is -0.0482. The Balaban J connectivity index is 2.36. The van der Waals surface area contributed by atoms with Crippen LogP contribution in [0.2, 0.25) is 0 Å². The molecular weight excluding hydrogens is 192 g/mol. The summed E-state index contributed by atoms with van der Waals surface area (Å²) >= 11 is 0. The fourth-order valence-corrected chi connectivity index (χ4v) is 1.45. The Morgan fingerprint density at radius 3 is 3.13 bits per heavy atom. The van der Waals surface area contributed by atoms with Crippen LogP contribution < -0.4 is 11.1 Å². The second kappa shape index (κ2) is 6.24. The number of rotatable bonds is 5. The first-order valence-electron chi connectivity index (χ1n) is 5.18. The predicted octanol–water partition coefficient (Wildman–Crippen LogP) is 0.702. The number of carbonyl (C=O) groups is 1. The molecule has 0 aromatic carbocycles. The van der Waals surface area contributed by atoms with Crippen molar-refractivity contribution in [2.24, 2.45) is 5.73 Å². The molecule has 4 heteroatoms. The molecule has 0 fully saturated rings. The van der Waals surface area contributed by atoms with Gasteiger partial charge in [-0.25, -0.2) is 0 Å². The average molecular weight is 210 g/mol. The highest BCUT2D eigenvalue weighted by Crippen LogP contribution is 2.15. The number of allylic oxidation sites excluding steroid dienone is 2. The minimum Gasteiger partial charge on any atom is -0.398 e. The average Bonchev–Trinajstić information content (AvgIpc) is 2.25. The topological polar surface area (TPSA) is 64.3 Å². The molecule has 3 N–H and O–H groups in total. The van der Waals surface area contributed by atoms with E-state index in [4.69, 9.17) is 10.5 Å². The summed E-state index contributed by atoms with van der Waals surface area (Å²) in [5.41, 5.74) is 7.01. The Morgan fingerprint density at radius 1 is 1.67 bits per heavy atom. The molecule has 0 heterocycles. The van der Waals surface area contributed by atoms with E-state index in [1.54, 1.807) is 13.2 Å². The van der Waals surface area contributed by atoms with Crippen molar-refractivity contribution in [1.29, 1.82) is 0 Å². The van der Waals surface area contributed by atoms with E-state index in [0.717, 1.165) is 19.3 Å². The molecule has 1 amide bonds. The largest absolute Gasteiger partial charge is 0.398 e. The van der Waals surface area contributed by atoms with Crippen molar-refractivity contribution in [2.75, 3.05) is 20.3 Å². The molecule has 4 nitrogen and oxygen atoms in total. The molecular formula is C11H18N2O2. The van der Waals surface area contributed by atoms with Crippen molar-refractivity contribution in [2.45, 2.75) is 19.3 Å². The minimum atomic E-state index is -0.0482. The van der Waals surface area contributed by atoms with Crippen molar-refractivity contribution in [3.05, 3.63) is 23.4 Å². The summed E-state index contributed by atoms with van der Waals surface area (Å²) in [7, 11) is 1.65. The van der Waals surface area contributed by atoms with E-state index < -0.39 is 0 Å². The second-order valence-corrected chi connectivity index (χ2v) is 3.48. The van der Waals surface area contributed by atoms with Gasteiger partial charge in [0.2, 0.25) is 5.91 Å². The first kappa shape index (κ1) is 11.8. The number of methoxy groups -OCH3 is 1. The highest BCUT2D eigenvalue weighted by atomic mass is 16.5. The van der Waals surface area contributed by atoms with Crippen molar-refractivity contribution in [3.63, 3.8) is 0 Å². The summed E-state index contributed by atoms with van der Waals surface area (Å²) in [6, 6.07) is 0. The van der Waals surface area contributed by atoms with Crippen molar-refractivity contribution < 1.29 is 9.53 Å². The number of hydrogen-bond donors (Lipinski definition) is 2. The third-order valence-corrected chi connectivity index (χ3v) is 2.29. The number of ether oxygens (including phenoxy) is 1. The molecule has 0 bridgehead atoms. The molecule has 15 heavy (non-hydrogen) atoms. The normalized spacial score (nSPS) is 15.5. The van der Waals surface area contributed by atoms with Gasteiger partial charge in [0.15, 0.2) is 0 Å².